The summed E-state index contributed by atoms with van der Waals surface area (Å²) in [6.07, 6.45) is 15.6. The summed E-state index contributed by atoms with van der Waals surface area (Å²) in [6.45, 7) is 3.47. The van der Waals surface area contributed by atoms with Gasteiger partial charge in [0, 0.05) is 0 Å². The minimum Gasteiger partial charge on any atom is -0.327 e. The molecule has 0 saturated heterocycles. The molecule has 156 valence electrons. The van der Waals surface area contributed by atoms with E-state index in [1.54, 1.807) is 0 Å². The first-order valence-electron chi connectivity index (χ1n) is 10.3. The van der Waals surface area contributed by atoms with E-state index in [4.69, 9.17) is 4.55 Å². The lowest BCUT2D eigenvalue weighted by Gasteiger charge is -2.31. The number of unbranched alkanes of at least 4 members (excludes halogenated alkanes) is 11. The Morgan fingerprint density at radius 1 is 0.846 bits per heavy atom. The van der Waals surface area contributed by atoms with Gasteiger partial charge in [-0.2, -0.15) is 13.3 Å². The Balaban J connectivity index is 3.68. The molecule has 0 heterocycles. The van der Waals surface area contributed by atoms with Gasteiger partial charge in [0.1, 0.15) is 12.3 Å². The van der Waals surface area contributed by atoms with Gasteiger partial charge in [0.15, 0.2) is 6.04 Å². The van der Waals surface area contributed by atoms with Crippen LogP contribution >= 0.6 is 0 Å². The van der Waals surface area contributed by atoms with Crippen molar-refractivity contribution >= 4 is 10.1 Å². The predicted octanol–water partition coefficient (Wildman–Crippen LogP) is 4.79. The van der Waals surface area contributed by atoms with Gasteiger partial charge >= 0.3 is 0 Å². The van der Waals surface area contributed by atoms with Gasteiger partial charge in [-0.15, -0.1) is 0 Å². The van der Waals surface area contributed by atoms with Gasteiger partial charge in [-0.1, -0.05) is 76.3 Å². The number of hydrogen-bond acceptors (Lipinski definition) is 4. The molecular weight excluding hydrogens is 352 g/mol. The average Bonchev–Trinajstić information content (AvgIpc) is 2.53. The van der Waals surface area contributed by atoms with Crippen molar-refractivity contribution in [3.63, 3.8) is 0 Å². The fourth-order valence-corrected chi connectivity index (χ4v) is 4.05. The maximum absolute atomic E-state index is 10.9. The summed E-state index contributed by atoms with van der Waals surface area (Å²) < 4.78 is 31.2. The van der Waals surface area contributed by atoms with E-state index in [2.05, 4.69) is 12.1 Å². The molecule has 0 aromatic carbocycles. The molecule has 0 spiro atoms. The molecule has 26 heavy (non-hydrogen) atoms. The molecule has 1 unspecified atom stereocenters. The number of hydrogen-bond donors (Lipinski definition) is 1. The third kappa shape index (κ3) is 16.9. The maximum Gasteiger partial charge on any atom is 0.267 e. The van der Waals surface area contributed by atoms with E-state index in [0.717, 1.165) is 19.4 Å². The molecule has 0 aromatic heterocycles. The van der Waals surface area contributed by atoms with Crippen LogP contribution in [0.3, 0.4) is 0 Å². The summed E-state index contributed by atoms with van der Waals surface area (Å²) in [5, 5.41) is 2.86. The van der Waals surface area contributed by atoms with E-state index in [9.17, 15) is 13.3 Å². The van der Waals surface area contributed by atoms with Crippen molar-refractivity contribution in [1.82, 2.24) is 0 Å². The Morgan fingerprint density at radius 2 is 1.27 bits per heavy atom. The summed E-state index contributed by atoms with van der Waals surface area (Å²) in [4.78, 5) is 10.8. The molecule has 0 fully saturated rings. The molecule has 0 aliphatic heterocycles. The van der Waals surface area contributed by atoms with Crippen LogP contribution in [0.25, 0.3) is 0 Å². The van der Waals surface area contributed by atoms with Crippen molar-refractivity contribution in [3.05, 3.63) is 4.91 Å². The molecule has 0 rings (SSSR count). The van der Waals surface area contributed by atoms with Gasteiger partial charge in [-0.3, -0.25) is 4.55 Å². The number of nitrogens with zero attached hydrogens (tertiary/aromatic N) is 2. The molecule has 0 amide bonds. The molecule has 0 aliphatic rings. The minimum atomic E-state index is -4.16. The minimum absolute atomic E-state index is 0.335. The van der Waals surface area contributed by atoms with Crippen LogP contribution in [-0.2, 0) is 10.1 Å². The Bertz CT molecular complexity index is 452. The van der Waals surface area contributed by atoms with Crippen molar-refractivity contribution < 1.29 is 17.5 Å². The van der Waals surface area contributed by atoms with Crippen LogP contribution in [0.4, 0.5) is 0 Å². The Labute approximate surface area is 161 Å². The Kier molecular flexibility index (Phi) is 14.2. The molecule has 7 heteroatoms. The Morgan fingerprint density at radius 3 is 1.65 bits per heavy atom. The third-order valence-corrected chi connectivity index (χ3v) is 5.68. The van der Waals surface area contributed by atoms with Crippen molar-refractivity contribution in [2.45, 2.75) is 90.0 Å². The standard InChI is InChI=1S/C19H40N2O4S/c1-4-5-6-7-8-9-10-11-12-13-14-15-16-21(2,3)17-19(20-22)18-26(23,24)25/h19H,4-18H2,1-3H3/p+1. The zero-order valence-corrected chi connectivity index (χ0v) is 18.0. The highest BCUT2D eigenvalue weighted by atomic mass is 32.2. The number of quaternary nitrogens is 1. The van der Waals surface area contributed by atoms with Gasteiger partial charge in [-0.25, -0.2) is 0 Å². The van der Waals surface area contributed by atoms with E-state index in [-0.39, 0.29) is 0 Å². The number of nitroso groups, excluding NO2 is 1. The molecular formula is C19H41N2O4S+. The molecule has 0 aromatic rings. The average molecular weight is 394 g/mol. The van der Waals surface area contributed by atoms with Crippen LogP contribution in [0.15, 0.2) is 5.18 Å². The van der Waals surface area contributed by atoms with Crippen molar-refractivity contribution in [2.24, 2.45) is 5.18 Å². The van der Waals surface area contributed by atoms with Crippen LogP contribution in [0, 0.1) is 4.91 Å². The van der Waals surface area contributed by atoms with Crippen LogP contribution < -0.4 is 0 Å². The fourth-order valence-electron chi connectivity index (χ4n) is 3.40. The highest BCUT2D eigenvalue weighted by Crippen LogP contribution is 2.13. The van der Waals surface area contributed by atoms with Crippen LogP contribution in [0.5, 0.6) is 0 Å². The van der Waals surface area contributed by atoms with Crippen molar-refractivity contribution in [2.75, 3.05) is 32.9 Å². The second-order valence-electron chi connectivity index (χ2n) is 8.24. The largest absolute Gasteiger partial charge is 0.327 e. The lowest BCUT2D eigenvalue weighted by Crippen LogP contribution is -2.47. The topological polar surface area (TPSA) is 83.8 Å². The van der Waals surface area contributed by atoms with Gasteiger partial charge in [0.05, 0.1) is 20.6 Å². The quantitative estimate of drug-likeness (QED) is 0.157. The molecule has 1 N–H and O–H groups in total. The van der Waals surface area contributed by atoms with E-state index < -0.39 is 21.9 Å². The molecule has 0 radical (unpaired) electrons. The van der Waals surface area contributed by atoms with Crippen molar-refractivity contribution in [1.29, 1.82) is 0 Å². The lowest BCUT2D eigenvalue weighted by atomic mass is 10.1. The fraction of sp³-hybridized carbons (Fsp3) is 1.00. The third-order valence-electron chi connectivity index (χ3n) is 4.87. The molecule has 1 atom stereocenters. The van der Waals surface area contributed by atoms with Gasteiger partial charge < -0.3 is 4.48 Å². The van der Waals surface area contributed by atoms with E-state index in [0.29, 0.717) is 11.0 Å². The molecule has 6 nitrogen and oxygen atoms in total. The second-order valence-corrected chi connectivity index (χ2v) is 9.74. The number of likely N-dealkylation sites (N-methyl/N-ethyl adjacent to an activating group) is 1. The summed E-state index contributed by atoms with van der Waals surface area (Å²) in [5.41, 5.74) is 0. The second kappa shape index (κ2) is 14.5. The predicted molar refractivity (Wildman–Crippen MR) is 109 cm³/mol. The van der Waals surface area contributed by atoms with Crippen LogP contribution in [0.2, 0.25) is 0 Å². The van der Waals surface area contributed by atoms with Crippen molar-refractivity contribution in [3.8, 4) is 0 Å². The van der Waals surface area contributed by atoms with Gasteiger partial charge in [-0.05, 0) is 12.8 Å². The lowest BCUT2D eigenvalue weighted by molar-refractivity contribution is -0.891. The highest BCUT2D eigenvalue weighted by Gasteiger charge is 2.26. The van der Waals surface area contributed by atoms with E-state index in [1.807, 2.05) is 14.1 Å². The first-order valence-corrected chi connectivity index (χ1v) is 11.9. The zero-order valence-electron chi connectivity index (χ0n) is 17.2. The van der Waals surface area contributed by atoms with E-state index >= 15 is 0 Å². The summed E-state index contributed by atoms with van der Waals surface area (Å²) >= 11 is 0. The summed E-state index contributed by atoms with van der Waals surface area (Å²) in [5.74, 6) is -0.587. The molecule has 0 bridgehead atoms. The molecule has 0 aliphatic carbocycles. The highest BCUT2D eigenvalue weighted by molar-refractivity contribution is 7.85. The van der Waals surface area contributed by atoms with Gasteiger partial charge in [0.2, 0.25) is 0 Å². The number of rotatable bonds is 18. The van der Waals surface area contributed by atoms with Crippen LogP contribution in [0.1, 0.15) is 84.0 Å². The normalized spacial score (nSPS) is 13.7. The van der Waals surface area contributed by atoms with E-state index in [1.165, 1.54) is 64.2 Å². The smallest absolute Gasteiger partial charge is 0.267 e. The first-order chi connectivity index (χ1) is 12.2. The Hall–Kier alpha value is -0.530. The monoisotopic (exact) mass is 393 g/mol. The summed E-state index contributed by atoms with van der Waals surface area (Å²) in [6, 6.07) is -0.891. The zero-order chi connectivity index (χ0) is 19.9. The van der Waals surface area contributed by atoms with Crippen LogP contribution in [-0.4, -0.2) is 56.4 Å². The molecule has 0 saturated carbocycles. The van der Waals surface area contributed by atoms with Gasteiger partial charge in [0.25, 0.3) is 10.1 Å². The summed E-state index contributed by atoms with van der Waals surface area (Å²) in [7, 11) is -0.213. The SMILES string of the molecule is CCCCCCCCCCCCCC[N+](C)(C)CC(CS(=O)(=O)O)N=O. The first kappa shape index (κ1) is 25.5. The maximum atomic E-state index is 10.9.